The molecule has 0 bridgehead atoms. The minimum Gasteiger partial charge on any atom is -0.492 e. The first-order valence-corrected chi connectivity index (χ1v) is 5.72. The number of halogens is 6. The molecule has 1 nitrogen and oxygen atoms in total. The number of alkyl halides is 6. The zero-order chi connectivity index (χ0) is 15.8. The molecule has 0 saturated heterocycles. The number of hydrogen-bond donors (Lipinski definition) is 0. The first-order chi connectivity index (χ1) is 8.84. The van der Waals surface area contributed by atoms with Gasteiger partial charge in [0.05, 0.1) is 11.0 Å². The van der Waals surface area contributed by atoms with E-state index < -0.39 is 35.7 Å². The van der Waals surface area contributed by atoms with Crippen LogP contribution in [-0.2, 0) is 6.18 Å². The molecule has 0 aromatic heterocycles. The van der Waals surface area contributed by atoms with Crippen LogP contribution >= 0.6 is 0 Å². The maximum atomic E-state index is 12.7. The third-order valence-electron chi connectivity index (χ3n) is 2.80. The van der Waals surface area contributed by atoms with Crippen LogP contribution in [0.1, 0.15) is 25.0 Å². The fraction of sp³-hybridized carbons (Fsp3) is 0.538. The molecular weight excluding hydrogens is 286 g/mol. The van der Waals surface area contributed by atoms with E-state index in [1.54, 1.807) is 0 Å². The number of hydrogen-bond acceptors (Lipinski definition) is 1. The summed E-state index contributed by atoms with van der Waals surface area (Å²) in [6, 6.07) is 3.10. The number of rotatable bonds is 3. The molecule has 1 aromatic carbocycles. The van der Waals surface area contributed by atoms with Gasteiger partial charge in [-0.15, -0.1) is 0 Å². The second-order valence-electron chi connectivity index (χ2n) is 5.17. The largest absolute Gasteiger partial charge is 0.492 e. The highest BCUT2D eigenvalue weighted by Gasteiger charge is 2.48. The van der Waals surface area contributed by atoms with Gasteiger partial charge in [-0.2, -0.15) is 26.3 Å². The van der Waals surface area contributed by atoms with E-state index in [1.807, 2.05) is 0 Å². The molecule has 7 heteroatoms. The van der Waals surface area contributed by atoms with E-state index in [4.69, 9.17) is 4.74 Å². The second-order valence-corrected chi connectivity index (χ2v) is 5.17. The van der Waals surface area contributed by atoms with Gasteiger partial charge in [0.15, 0.2) is 0 Å². The average Bonchev–Trinajstić information content (AvgIpc) is 2.23. The molecular formula is C13H14F6O. The topological polar surface area (TPSA) is 9.23 Å². The Balaban J connectivity index is 3.02. The highest BCUT2D eigenvalue weighted by Crippen LogP contribution is 2.40. The predicted molar refractivity (Wildman–Crippen MR) is 61.5 cm³/mol. The van der Waals surface area contributed by atoms with Crippen molar-refractivity contribution in [2.45, 2.75) is 33.1 Å². The summed E-state index contributed by atoms with van der Waals surface area (Å²) in [6.07, 6.45) is -9.24. The molecule has 20 heavy (non-hydrogen) atoms. The molecule has 0 amide bonds. The van der Waals surface area contributed by atoms with Gasteiger partial charge >= 0.3 is 12.4 Å². The SMILES string of the molecule is Cc1ccc(C(F)(F)F)c(OCC(C)(C)C(F)(F)F)c1. The Hall–Kier alpha value is -1.40. The van der Waals surface area contributed by atoms with Crippen molar-refractivity contribution in [2.75, 3.05) is 6.61 Å². The monoisotopic (exact) mass is 300 g/mol. The van der Waals surface area contributed by atoms with Crippen LogP contribution in [0.25, 0.3) is 0 Å². The molecule has 0 atom stereocenters. The summed E-state index contributed by atoms with van der Waals surface area (Å²) in [7, 11) is 0. The lowest BCUT2D eigenvalue weighted by Crippen LogP contribution is -2.37. The van der Waals surface area contributed by atoms with Crippen LogP contribution in [0, 0.1) is 12.3 Å². The van der Waals surface area contributed by atoms with Gasteiger partial charge in [-0.05, 0) is 38.5 Å². The van der Waals surface area contributed by atoms with Gasteiger partial charge in [-0.1, -0.05) is 6.07 Å². The molecule has 0 saturated carbocycles. The summed E-state index contributed by atoms with van der Waals surface area (Å²) in [5, 5.41) is 0. The second kappa shape index (κ2) is 5.18. The maximum absolute atomic E-state index is 12.7. The van der Waals surface area contributed by atoms with Crippen LogP contribution in [0.3, 0.4) is 0 Å². The Kier molecular flexibility index (Phi) is 4.31. The van der Waals surface area contributed by atoms with Crippen LogP contribution in [0.4, 0.5) is 26.3 Å². The summed E-state index contributed by atoms with van der Waals surface area (Å²) in [5.74, 6) is -0.588. The zero-order valence-electron chi connectivity index (χ0n) is 11.1. The Morgan fingerprint density at radius 1 is 1.00 bits per heavy atom. The van der Waals surface area contributed by atoms with Crippen molar-refractivity contribution < 1.29 is 31.1 Å². The predicted octanol–water partition coefficient (Wildman–Crippen LogP) is 4.98. The quantitative estimate of drug-likeness (QED) is 0.715. The smallest absolute Gasteiger partial charge is 0.419 e. The van der Waals surface area contributed by atoms with Crippen LogP contribution in [0.2, 0.25) is 0 Å². The van der Waals surface area contributed by atoms with Crippen molar-refractivity contribution >= 4 is 0 Å². The highest BCUT2D eigenvalue weighted by molar-refractivity contribution is 5.39. The van der Waals surface area contributed by atoms with E-state index in [9.17, 15) is 26.3 Å². The van der Waals surface area contributed by atoms with Gasteiger partial charge < -0.3 is 4.74 Å². The first kappa shape index (κ1) is 16.7. The Bertz CT molecular complexity index is 473. The van der Waals surface area contributed by atoms with Crippen molar-refractivity contribution in [2.24, 2.45) is 5.41 Å². The summed E-state index contributed by atoms with van der Waals surface area (Å²) in [6.45, 7) is 2.39. The number of benzene rings is 1. The summed E-state index contributed by atoms with van der Waals surface area (Å²) in [5.41, 5.74) is -2.85. The molecule has 0 radical (unpaired) electrons. The summed E-state index contributed by atoms with van der Waals surface area (Å²) < 4.78 is 80.9. The van der Waals surface area contributed by atoms with Gasteiger partial charge in [0.2, 0.25) is 0 Å². The van der Waals surface area contributed by atoms with Crippen molar-refractivity contribution in [1.82, 2.24) is 0 Å². The summed E-state index contributed by atoms with van der Waals surface area (Å²) >= 11 is 0. The fourth-order valence-electron chi connectivity index (χ4n) is 1.32. The molecule has 0 N–H and O–H groups in total. The molecule has 0 aliphatic carbocycles. The van der Waals surface area contributed by atoms with Crippen LogP contribution in [0.5, 0.6) is 5.75 Å². The van der Waals surface area contributed by atoms with E-state index in [0.717, 1.165) is 26.0 Å². The lowest BCUT2D eigenvalue weighted by atomic mass is 9.94. The Morgan fingerprint density at radius 3 is 2.00 bits per heavy atom. The van der Waals surface area contributed by atoms with Gasteiger partial charge in [-0.3, -0.25) is 0 Å². The first-order valence-electron chi connectivity index (χ1n) is 5.72. The molecule has 1 rings (SSSR count). The van der Waals surface area contributed by atoms with Crippen molar-refractivity contribution in [3.63, 3.8) is 0 Å². The zero-order valence-corrected chi connectivity index (χ0v) is 11.1. The average molecular weight is 300 g/mol. The van der Waals surface area contributed by atoms with Crippen molar-refractivity contribution in [3.8, 4) is 5.75 Å². The molecule has 0 aliphatic rings. The number of ether oxygens (including phenoxy) is 1. The molecule has 1 aromatic rings. The third-order valence-corrected chi connectivity index (χ3v) is 2.80. The Labute approximate surface area is 112 Å². The van der Waals surface area contributed by atoms with Crippen LogP contribution in [0.15, 0.2) is 18.2 Å². The standard InChI is InChI=1S/C13H14F6O/c1-8-4-5-9(12(14,15)16)10(6-8)20-7-11(2,3)13(17,18)19/h4-6H,7H2,1-3H3. The van der Waals surface area contributed by atoms with Crippen LogP contribution < -0.4 is 4.74 Å². The third kappa shape index (κ3) is 3.80. The normalized spacial score (nSPS) is 13.4. The summed E-state index contributed by atoms with van der Waals surface area (Å²) in [4.78, 5) is 0. The molecule has 0 spiro atoms. The van der Waals surface area contributed by atoms with E-state index in [1.165, 1.54) is 13.0 Å². The van der Waals surface area contributed by atoms with E-state index in [-0.39, 0.29) is 0 Å². The molecule has 0 aliphatic heterocycles. The lowest BCUT2D eigenvalue weighted by Gasteiger charge is -2.28. The molecule has 0 fully saturated rings. The molecule has 0 heterocycles. The minimum atomic E-state index is -4.68. The Morgan fingerprint density at radius 2 is 1.55 bits per heavy atom. The van der Waals surface area contributed by atoms with Crippen LogP contribution in [-0.4, -0.2) is 12.8 Å². The van der Waals surface area contributed by atoms with Crippen molar-refractivity contribution in [3.05, 3.63) is 29.3 Å². The molecule has 114 valence electrons. The highest BCUT2D eigenvalue weighted by atomic mass is 19.4. The van der Waals surface area contributed by atoms with Gasteiger partial charge in [-0.25, -0.2) is 0 Å². The van der Waals surface area contributed by atoms with E-state index in [2.05, 4.69) is 0 Å². The number of aryl methyl sites for hydroxylation is 1. The van der Waals surface area contributed by atoms with E-state index >= 15 is 0 Å². The lowest BCUT2D eigenvalue weighted by molar-refractivity contribution is -0.219. The van der Waals surface area contributed by atoms with Crippen molar-refractivity contribution in [1.29, 1.82) is 0 Å². The van der Waals surface area contributed by atoms with Gasteiger partial charge in [0.1, 0.15) is 12.4 Å². The van der Waals surface area contributed by atoms with E-state index in [0.29, 0.717) is 5.56 Å². The molecule has 0 unspecified atom stereocenters. The maximum Gasteiger partial charge on any atom is 0.419 e. The van der Waals surface area contributed by atoms with Gasteiger partial charge in [0, 0.05) is 0 Å². The minimum absolute atomic E-state index is 0.470. The van der Waals surface area contributed by atoms with Gasteiger partial charge in [0.25, 0.3) is 0 Å². The fourth-order valence-corrected chi connectivity index (χ4v) is 1.32.